The van der Waals surface area contributed by atoms with Gasteiger partial charge in [0.25, 0.3) is 5.91 Å². The number of benzene rings is 1. The average Bonchev–Trinajstić information content (AvgIpc) is 2.41. The van der Waals surface area contributed by atoms with E-state index in [9.17, 15) is 9.18 Å². The molecule has 1 amide bonds. The molecule has 18 heavy (non-hydrogen) atoms. The van der Waals surface area contributed by atoms with E-state index in [-0.39, 0.29) is 16.6 Å². The number of hydrogen-bond acceptors (Lipinski definition) is 2. The van der Waals surface area contributed by atoms with Gasteiger partial charge in [-0.2, -0.15) is 0 Å². The van der Waals surface area contributed by atoms with Crippen LogP contribution in [0.4, 0.5) is 4.39 Å². The van der Waals surface area contributed by atoms with Crippen LogP contribution in [0.25, 0.3) is 0 Å². The molecule has 0 saturated carbocycles. The molecule has 1 saturated heterocycles. The van der Waals surface area contributed by atoms with Gasteiger partial charge >= 0.3 is 0 Å². The summed E-state index contributed by atoms with van der Waals surface area (Å²) in [4.78, 5) is 14.3. The largest absolute Gasteiger partial charge is 0.339 e. The molecule has 1 fully saturated rings. The summed E-state index contributed by atoms with van der Waals surface area (Å²) in [5.74, 6) is 0.335. The van der Waals surface area contributed by atoms with Gasteiger partial charge in [0.05, 0.1) is 0 Å². The highest BCUT2D eigenvalue weighted by Gasteiger charge is 2.22. The van der Waals surface area contributed by atoms with Crippen LogP contribution >= 0.6 is 12.6 Å². The Hall–Kier alpha value is -1.03. The van der Waals surface area contributed by atoms with Crippen molar-refractivity contribution in [1.82, 2.24) is 4.90 Å². The number of thiol groups is 1. The normalized spacial score (nSPS) is 16.9. The lowest BCUT2D eigenvalue weighted by atomic mass is 9.94. The van der Waals surface area contributed by atoms with Crippen molar-refractivity contribution in [3.05, 3.63) is 29.6 Å². The summed E-state index contributed by atoms with van der Waals surface area (Å²) in [6.45, 7) is 3.79. The van der Waals surface area contributed by atoms with Crippen LogP contribution in [0.5, 0.6) is 0 Å². The minimum absolute atomic E-state index is 0.0140. The van der Waals surface area contributed by atoms with E-state index in [0.717, 1.165) is 31.8 Å². The Balaban J connectivity index is 2.05. The molecule has 1 aromatic carbocycles. The SMILES string of the molecule is CCC1CCN(C(=O)c2ccc(F)c(S)c2)CC1. The minimum Gasteiger partial charge on any atom is -0.339 e. The fraction of sp³-hybridized carbons (Fsp3) is 0.500. The van der Waals surface area contributed by atoms with Crippen molar-refractivity contribution >= 4 is 18.5 Å². The number of hydrogen-bond donors (Lipinski definition) is 1. The number of carbonyl (C=O) groups is 1. The number of carbonyl (C=O) groups excluding carboxylic acids is 1. The van der Waals surface area contributed by atoms with E-state index >= 15 is 0 Å². The van der Waals surface area contributed by atoms with Crippen molar-refractivity contribution in [3.8, 4) is 0 Å². The Labute approximate surface area is 113 Å². The zero-order valence-corrected chi connectivity index (χ0v) is 11.4. The van der Waals surface area contributed by atoms with Crippen LogP contribution in [0.15, 0.2) is 23.1 Å². The summed E-state index contributed by atoms with van der Waals surface area (Å²) >= 11 is 4.01. The Morgan fingerprint density at radius 3 is 2.67 bits per heavy atom. The summed E-state index contributed by atoms with van der Waals surface area (Å²) in [5, 5.41) is 0. The first kappa shape index (κ1) is 13.4. The van der Waals surface area contributed by atoms with Crippen LogP contribution in [0.1, 0.15) is 36.5 Å². The summed E-state index contributed by atoms with van der Waals surface area (Å²) in [7, 11) is 0. The third-order valence-corrected chi connectivity index (χ3v) is 4.01. The number of halogens is 1. The van der Waals surface area contributed by atoms with E-state index < -0.39 is 0 Å². The van der Waals surface area contributed by atoms with E-state index in [1.165, 1.54) is 24.6 Å². The fourth-order valence-corrected chi connectivity index (χ4v) is 2.59. The maximum Gasteiger partial charge on any atom is 0.253 e. The van der Waals surface area contributed by atoms with Gasteiger partial charge in [0.2, 0.25) is 0 Å². The van der Waals surface area contributed by atoms with E-state index in [1.807, 2.05) is 4.90 Å². The molecule has 1 aromatic rings. The van der Waals surface area contributed by atoms with E-state index in [4.69, 9.17) is 0 Å². The Morgan fingerprint density at radius 1 is 1.44 bits per heavy atom. The molecular formula is C14H18FNOS. The molecular weight excluding hydrogens is 249 g/mol. The molecule has 0 bridgehead atoms. The molecule has 0 spiro atoms. The van der Waals surface area contributed by atoms with Gasteiger partial charge in [0.15, 0.2) is 0 Å². The lowest BCUT2D eigenvalue weighted by Crippen LogP contribution is -2.38. The number of nitrogens with zero attached hydrogens (tertiary/aromatic N) is 1. The van der Waals surface area contributed by atoms with E-state index in [0.29, 0.717) is 5.56 Å². The Morgan fingerprint density at radius 2 is 2.11 bits per heavy atom. The fourth-order valence-electron chi connectivity index (χ4n) is 2.37. The van der Waals surface area contributed by atoms with Gasteiger partial charge in [-0.05, 0) is 37.0 Å². The third kappa shape index (κ3) is 2.86. The first-order chi connectivity index (χ1) is 8.61. The highest BCUT2D eigenvalue weighted by atomic mass is 32.1. The van der Waals surface area contributed by atoms with Crippen LogP contribution < -0.4 is 0 Å². The predicted molar refractivity (Wildman–Crippen MR) is 72.6 cm³/mol. The van der Waals surface area contributed by atoms with Crippen LogP contribution in [0.3, 0.4) is 0 Å². The minimum atomic E-state index is -0.389. The number of amides is 1. The van der Waals surface area contributed by atoms with Crippen LogP contribution in [0, 0.1) is 11.7 Å². The summed E-state index contributed by atoms with van der Waals surface area (Å²) in [6, 6.07) is 4.34. The highest BCUT2D eigenvalue weighted by molar-refractivity contribution is 7.80. The Bertz CT molecular complexity index is 441. The molecule has 2 rings (SSSR count). The van der Waals surface area contributed by atoms with Gasteiger partial charge < -0.3 is 4.90 Å². The summed E-state index contributed by atoms with van der Waals surface area (Å²) < 4.78 is 13.1. The molecule has 0 radical (unpaired) electrons. The van der Waals surface area contributed by atoms with Crippen LogP contribution in [0.2, 0.25) is 0 Å². The molecule has 0 aromatic heterocycles. The molecule has 1 heterocycles. The second-order valence-corrected chi connectivity index (χ2v) is 5.29. The van der Waals surface area contributed by atoms with Crippen molar-refractivity contribution < 1.29 is 9.18 Å². The summed E-state index contributed by atoms with van der Waals surface area (Å²) in [6.07, 6.45) is 3.31. The average molecular weight is 267 g/mol. The lowest BCUT2D eigenvalue weighted by Gasteiger charge is -2.31. The topological polar surface area (TPSA) is 20.3 Å². The molecule has 1 aliphatic heterocycles. The zero-order valence-electron chi connectivity index (χ0n) is 10.5. The first-order valence-corrected chi connectivity index (χ1v) is 6.84. The monoisotopic (exact) mass is 267 g/mol. The highest BCUT2D eigenvalue weighted by Crippen LogP contribution is 2.22. The van der Waals surface area contributed by atoms with Gasteiger partial charge in [-0.25, -0.2) is 4.39 Å². The second-order valence-electron chi connectivity index (χ2n) is 4.81. The standard InChI is InChI=1S/C14H18FNOS/c1-2-10-5-7-16(8-6-10)14(17)11-3-4-12(15)13(18)9-11/h3-4,9-10,18H,2,5-8H2,1H3. The molecule has 98 valence electrons. The molecule has 0 N–H and O–H groups in total. The lowest BCUT2D eigenvalue weighted by molar-refractivity contribution is 0.0688. The molecule has 0 aliphatic carbocycles. The molecule has 1 aliphatic rings. The van der Waals surface area contributed by atoms with Crippen molar-refractivity contribution in [2.75, 3.05) is 13.1 Å². The maximum atomic E-state index is 13.1. The number of piperidine rings is 1. The van der Waals surface area contributed by atoms with Crippen LogP contribution in [-0.4, -0.2) is 23.9 Å². The molecule has 2 nitrogen and oxygen atoms in total. The Kier molecular flexibility index (Phi) is 4.27. The van der Waals surface area contributed by atoms with Gasteiger partial charge in [-0.3, -0.25) is 4.79 Å². The van der Waals surface area contributed by atoms with Crippen LogP contribution in [-0.2, 0) is 0 Å². The quantitative estimate of drug-likeness (QED) is 0.815. The van der Waals surface area contributed by atoms with Crippen molar-refractivity contribution in [2.24, 2.45) is 5.92 Å². The molecule has 0 atom stereocenters. The second kappa shape index (κ2) is 5.74. The number of likely N-dealkylation sites (tertiary alicyclic amines) is 1. The van der Waals surface area contributed by atoms with Gasteiger partial charge in [-0.15, -0.1) is 12.6 Å². The summed E-state index contributed by atoms with van der Waals surface area (Å²) in [5.41, 5.74) is 0.524. The third-order valence-electron chi connectivity index (χ3n) is 3.67. The smallest absolute Gasteiger partial charge is 0.253 e. The maximum absolute atomic E-state index is 13.1. The van der Waals surface area contributed by atoms with Crippen molar-refractivity contribution in [2.45, 2.75) is 31.1 Å². The van der Waals surface area contributed by atoms with Gasteiger partial charge in [-0.1, -0.05) is 13.3 Å². The van der Waals surface area contributed by atoms with Gasteiger partial charge in [0.1, 0.15) is 5.82 Å². The number of rotatable bonds is 2. The van der Waals surface area contributed by atoms with Crippen molar-refractivity contribution in [1.29, 1.82) is 0 Å². The predicted octanol–water partition coefficient (Wildman–Crippen LogP) is 3.38. The molecule has 0 unspecified atom stereocenters. The van der Waals surface area contributed by atoms with E-state index in [2.05, 4.69) is 19.6 Å². The van der Waals surface area contributed by atoms with Crippen molar-refractivity contribution in [3.63, 3.8) is 0 Å². The van der Waals surface area contributed by atoms with E-state index in [1.54, 1.807) is 0 Å². The van der Waals surface area contributed by atoms with Gasteiger partial charge in [0, 0.05) is 23.5 Å². The first-order valence-electron chi connectivity index (χ1n) is 6.39. The zero-order chi connectivity index (χ0) is 13.1. The molecule has 4 heteroatoms.